The van der Waals surface area contributed by atoms with Crippen molar-refractivity contribution in [1.29, 1.82) is 0 Å². The first-order valence-electron chi connectivity index (χ1n) is 5.12. The number of hydrogen-bond acceptors (Lipinski definition) is 4. The van der Waals surface area contributed by atoms with Gasteiger partial charge in [0.25, 0.3) is 0 Å². The van der Waals surface area contributed by atoms with Gasteiger partial charge >= 0.3 is 0 Å². The summed E-state index contributed by atoms with van der Waals surface area (Å²) in [6, 6.07) is 0.297. The van der Waals surface area contributed by atoms with Crippen molar-refractivity contribution in [3.05, 3.63) is 0 Å². The standard InChI is InChI=1S/C9H19NO3S2/c1-10-9(8-3-4-8)7-14(11)5-6-15(2,12)13/h8-10H,3-7H2,1-2H3. The lowest BCUT2D eigenvalue weighted by molar-refractivity contribution is 0.546. The third kappa shape index (κ3) is 5.63. The number of nitrogens with one attached hydrogen (secondary N) is 1. The lowest BCUT2D eigenvalue weighted by Gasteiger charge is -2.14. The predicted molar refractivity (Wildman–Crippen MR) is 63.2 cm³/mol. The van der Waals surface area contributed by atoms with E-state index >= 15 is 0 Å². The summed E-state index contributed by atoms with van der Waals surface area (Å²) in [6.07, 6.45) is 3.59. The molecule has 6 heteroatoms. The first kappa shape index (κ1) is 13.1. The van der Waals surface area contributed by atoms with Gasteiger partial charge in [0.2, 0.25) is 0 Å². The summed E-state index contributed by atoms with van der Waals surface area (Å²) in [5, 5.41) is 3.15. The third-order valence-corrected chi connectivity index (χ3v) is 5.20. The van der Waals surface area contributed by atoms with Crippen LogP contribution in [0.1, 0.15) is 12.8 Å². The molecule has 0 saturated heterocycles. The first-order valence-corrected chi connectivity index (χ1v) is 8.67. The molecule has 2 unspecified atom stereocenters. The van der Waals surface area contributed by atoms with Gasteiger partial charge < -0.3 is 5.32 Å². The smallest absolute Gasteiger partial charge is 0.148 e. The molecule has 0 aromatic rings. The molecule has 0 aliphatic heterocycles. The maximum absolute atomic E-state index is 11.6. The van der Waals surface area contributed by atoms with Crippen LogP contribution in [0.25, 0.3) is 0 Å². The van der Waals surface area contributed by atoms with Crippen LogP contribution in [0.4, 0.5) is 0 Å². The van der Waals surface area contributed by atoms with Crippen LogP contribution < -0.4 is 5.32 Å². The van der Waals surface area contributed by atoms with Gasteiger partial charge in [0.05, 0.1) is 5.75 Å². The molecule has 0 spiro atoms. The Labute approximate surface area is 94.2 Å². The van der Waals surface area contributed by atoms with Gasteiger partial charge in [-0.1, -0.05) is 0 Å². The van der Waals surface area contributed by atoms with Gasteiger partial charge in [0.15, 0.2) is 0 Å². The van der Waals surface area contributed by atoms with Crippen molar-refractivity contribution in [1.82, 2.24) is 5.32 Å². The highest BCUT2D eigenvalue weighted by Crippen LogP contribution is 2.32. The van der Waals surface area contributed by atoms with Gasteiger partial charge in [-0.25, -0.2) is 8.42 Å². The summed E-state index contributed by atoms with van der Waals surface area (Å²) >= 11 is 0. The Kier molecular flexibility index (Phi) is 4.73. The third-order valence-electron chi connectivity index (χ3n) is 2.61. The molecule has 2 atom stereocenters. The molecule has 0 bridgehead atoms. The van der Waals surface area contributed by atoms with Crippen LogP contribution in [0.15, 0.2) is 0 Å². The zero-order chi connectivity index (χ0) is 11.5. The largest absolute Gasteiger partial charge is 0.316 e. The molecular weight excluding hydrogens is 234 g/mol. The van der Waals surface area contributed by atoms with Crippen LogP contribution in [0, 0.1) is 5.92 Å². The first-order chi connectivity index (χ1) is 6.92. The lowest BCUT2D eigenvalue weighted by Crippen LogP contribution is -2.34. The summed E-state index contributed by atoms with van der Waals surface area (Å²) in [6.45, 7) is 0. The van der Waals surface area contributed by atoms with Crippen molar-refractivity contribution in [3.8, 4) is 0 Å². The second-order valence-electron chi connectivity index (χ2n) is 4.17. The molecule has 1 saturated carbocycles. The van der Waals surface area contributed by atoms with E-state index in [1.54, 1.807) is 0 Å². The van der Waals surface area contributed by atoms with E-state index in [1.165, 1.54) is 19.1 Å². The van der Waals surface area contributed by atoms with Gasteiger partial charge in [-0.15, -0.1) is 0 Å². The summed E-state index contributed by atoms with van der Waals surface area (Å²) in [5.74, 6) is 1.53. The Morgan fingerprint density at radius 2 is 2.07 bits per heavy atom. The van der Waals surface area contributed by atoms with Crippen LogP contribution >= 0.6 is 0 Å². The Morgan fingerprint density at radius 1 is 1.47 bits per heavy atom. The minimum absolute atomic E-state index is 0.0285. The molecule has 15 heavy (non-hydrogen) atoms. The Morgan fingerprint density at radius 3 is 2.47 bits per heavy atom. The number of rotatable bonds is 7. The van der Waals surface area contributed by atoms with E-state index in [0.29, 0.717) is 17.7 Å². The highest BCUT2D eigenvalue weighted by molar-refractivity contribution is 7.92. The second-order valence-corrected chi connectivity index (χ2v) is 8.05. The molecule has 1 N–H and O–H groups in total. The minimum atomic E-state index is -2.98. The predicted octanol–water partition coefficient (Wildman–Crippen LogP) is -0.222. The topological polar surface area (TPSA) is 63.2 Å². The molecule has 1 fully saturated rings. The van der Waals surface area contributed by atoms with Crippen LogP contribution in [0.2, 0.25) is 0 Å². The van der Waals surface area contributed by atoms with Gasteiger partial charge in [0, 0.05) is 34.6 Å². The summed E-state index contributed by atoms with van der Waals surface area (Å²) < 4.78 is 33.4. The fraction of sp³-hybridized carbons (Fsp3) is 1.00. The van der Waals surface area contributed by atoms with Crippen LogP contribution in [-0.4, -0.2) is 49.2 Å². The van der Waals surface area contributed by atoms with Crippen molar-refractivity contribution >= 4 is 20.6 Å². The van der Waals surface area contributed by atoms with Crippen molar-refractivity contribution in [2.24, 2.45) is 5.92 Å². The monoisotopic (exact) mass is 253 g/mol. The summed E-state index contributed by atoms with van der Waals surface area (Å²) in [7, 11) is -2.13. The molecule has 0 aromatic heterocycles. The molecule has 1 aliphatic rings. The number of hydrogen-bond donors (Lipinski definition) is 1. The Hall–Kier alpha value is 0.0600. The summed E-state index contributed by atoms with van der Waals surface area (Å²) in [5.41, 5.74) is 0. The minimum Gasteiger partial charge on any atom is -0.316 e. The Balaban J connectivity index is 2.28. The van der Waals surface area contributed by atoms with E-state index in [4.69, 9.17) is 0 Å². The fourth-order valence-corrected chi connectivity index (χ4v) is 4.44. The zero-order valence-corrected chi connectivity index (χ0v) is 10.9. The highest BCUT2D eigenvalue weighted by Gasteiger charge is 2.31. The molecule has 0 amide bonds. The summed E-state index contributed by atoms with van der Waals surface area (Å²) in [4.78, 5) is 0. The van der Waals surface area contributed by atoms with E-state index in [2.05, 4.69) is 5.32 Å². The maximum atomic E-state index is 11.6. The van der Waals surface area contributed by atoms with Crippen molar-refractivity contribution in [3.63, 3.8) is 0 Å². The van der Waals surface area contributed by atoms with Crippen LogP contribution in [0.5, 0.6) is 0 Å². The molecule has 90 valence electrons. The van der Waals surface area contributed by atoms with E-state index in [0.717, 1.165) is 0 Å². The highest BCUT2D eigenvalue weighted by atomic mass is 32.2. The van der Waals surface area contributed by atoms with Gasteiger partial charge in [-0.3, -0.25) is 4.21 Å². The number of sulfone groups is 1. The Bertz CT molecular complexity index is 322. The molecule has 1 rings (SSSR count). The van der Waals surface area contributed by atoms with Crippen molar-refractivity contribution in [2.45, 2.75) is 18.9 Å². The second kappa shape index (κ2) is 5.41. The van der Waals surface area contributed by atoms with Crippen molar-refractivity contribution < 1.29 is 12.6 Å². The molecule has 0 aromatic carbocycles. The SMILES string of the molecule is CNC(CS(=O)CCS(C)(=O)=O)C1CC1. The van der Waals surface area contributed by atoms with Crippen LogP contribution in [-0.2, 0) is 20.6 Å². The van der Waals surface area contributed by atoms with Gasteiger partial charge in [-0.2, -0.15) is 0 Å². The average molecular weight is 253 g/mol. The van der Waals surface area contributed by atoms with Crippen LogP contribution in [0.3, 0.4) is 0 Å². The van der Waals surface area contributed by atoms with E-state index in [1.807, 2.05) is 7.05 Å². The molecule has 4 nitrogen and oxygen atoms in total. The quantitative estimate of drug-likeness (QED) is 0.681. The lowest BCUT2D eigenvalue weighted by atomic mass is 10.2. The van der Waals surface area contributed by atoms with E-state index in [-0.39, 0.29) is 11.5 Å². The molecule has 0 radical (unpaired) electrons. The van der Waals surface area contributed by atoms with Crippen molar-refractivity contribution in [2.75, 3.05) is 30.6 Å². The fourth-order valence-electron chi connectivity index (χ4n) is 1.48. The maximum Gasteiger partial charge on any atom is 0.148 e. The van der Waals surface area contributed by atoms with Gasteiger partial charge in [0.1, 0.15) is 9.84 Å². The normalized spacial score (nSPS) is 21.2. The molecular formula is C9H19NO3S2. The van der Waals surface area contributed by atoms with Gasteiger partial charge in [-0.05, 0) is 25.8 Å². The average Bonchev–Trinajstić information content (AvgIpc) is 2.93. The molecule has 0 heterocycles. The zero-order valence-electron chi connectivity index (χ0n) is 9.23. The molecule has 1 aliphatic carbocycles. The van der Waals surface area contributed by atoms with E-state index in [9.17, 15) is 12.6 Å². The van der Waals surface area contributed by atoms with E-state index < -0.39 is 20.6 Å².